The standard InChI is InChI=1S/C36H33ClN2O2S/c1-4-7-29-22-28(14-21-33(29)41-24-27-8-15-30(37)16-9-27)23-34-35(40)39(32-19-12-26(6-3)13-20-32)36(42-34)38-31-17-10-25(5-2)11-18-31/h4,8-23H,1,5-7,24H2,2-3H3/b34-23-,38-36?. The molecule has 0 radical (unpaired) electrons. The van der Waals surface area contributed by atoms with Crippen LogP contribution in [0.1, 0.15) is 41.7 Å². The summed E-state index contributed by atoms with van der Waals surface area (Å²) >= 11 is 7.40. The van der Waals surface area contributed by atoms with Crippen LogP contribution in [0.5, 0.6) is 5.75 Å². The minimum absolute atomic E-state index is 0.0958. The molecule has 0 aliphatic carbocycles. The molecule has 0 spiro atoms. The fourth-order valence-electron chi connectivity index (χ4n) is 4.61. The third kappa shape index (κ3) is 7.04. The summed E-state index contributed by atoms with van der Waals surface area (Å²) < 4.78 is 6.14. The van der Waals surface area contributed by atoms with E-state index >= 15 is 0 Å². The van der Waals surface area contributed by atoms with Gasteiger partial charge in [0.1, 0.15) is 12.4 Å². The number of nitrogens with zero attached hydrogens (tertiary/aromatic N) is 2. The molecule has 5 rings (SSSR count). The van der Waals surface area contributed by atoms with Crippen molar-refractivity contribution in [2.24, 2.45) is 4.99 Å². The number of hydrogen-bond acceptors (Lipinski definition) is 4. The number of halogens is 1. The predicted octanol–water partition coefficient (Wildman–Crippen LogP) is 9.58. The molecule has 42 heavy (non-hydrogen) atoms. The minimum Gasteiger partial charge on any atom is -0.489 e. The summed E-state index contributed by atoms with van der Waals surface area (Å²) in [6.07, 6.45) is 6.33. The van der Waals surface area contributed by atoms with E-state index < -0.39 is 0 Å². The Morgan fingerprint density at radius 1 is 0.881 bits per heavy atom. The summed E-state index contributed by atoms with van der Waals surface area (Å²) in [5.74, 6) is 0.689. The van der Waals surface area contributed by atoms with E-state index in [4.69, 9.17) is 21.3 Å². The van der Waals surface area contributed by atoms with Crippen molar-refractivity contribution in [1.29, 1.82) is 0 Å². The fraction of sp³-hybridized carbons (Fsp3) is 0.167. The number of aryl methyl sites for hydroxylation is 2. The third-order valence-electron chi connectivity index (χ3n) is 7.03. The van der Waals surface area contributed by atoms with Gasteiger partial charge in [0.2, 0.25) is 0 Å². The second-order valence-corrected chi connectivity index (χ2v) is 11.4. The van der Waals surface area contributed by atoms with Gasteiger partial charge in [-0.1, -0.05) is 74.0 Å². The van der Waals surface area contributed by atoms with Crippen LogP contribution in [0.3, 0.4) is 0 Å². The van der Waals surface area contributed by atoms with Crippen molar-refractivity contribution in [3.63, 3.8) is 0 Å². The first-order chi connectivity index (χ1) is 20.5. The summed E-state index contributed by atoms with van der Waals surface area (Å²) in [6.45, 7) is 8.60. The van der Waals surface area contributed by atoms with Gasteiger partial charge in [0.25, 0.3) is 5.91 Å². The van der Waals surface area contributed by atoms with E-state index in [2.05, 4.69) is 50.8 Å². The summed E-state index contributed by atoms with van der Waals surface area (Å²) in [6, 6.07) is 29.9. The van der Waals surface area contributed by atoms with Gasteiger partial charge >= 0.3 is 0 Å². The number of ether oxygens (including phenoxy) is 1. The maximum Gasteiger partial charge on any atom is 0.271 e. The Balaban J connectivity index is 1.45. The molecular weight excluding hydrogens is 560 g/mol. The highest BCUT2D eigenvalue weighted by Gasteiger charge is 2.34. The Morgan fingerprint density at radius 2 is 1.52 bits per heavy atom. The molecule has 1 aliphatic rings. The Hall–Kier alpha value is -4.06. The minimum atomic E-state index is -0.0958. The van der Waals surface area contributed by atoms with Crippen LogP contribution >= 0.6 is 23.4 Å². The van der Waals surface area contributed by atoms with Crippen molar-refractivity contribution in [3.05, 3.63) is 141 Å². The van der Waals surface area contributed by atoms with Crippen LogP contribution in [-0.4, -0.2) is 11.1 Å². The third-order valence-corrected chi connectivity index (χ3v) is 8.25. The van der Waals surface area contributed by atoms with E-state index in [1.807, 2.05) is 72.8 Å². The van der Waals surface area contributed by atoms with E-state index in [0.29, 0.717) is 28.1 Å². The molecule has 4 aromatic carbocycles. The number of rotatable bonds is 10. The van der Waals surface area contributed by atoms with Crippen molar-refractivity contribution in [1.82, 2.24) is 0 Å². The van der Waals surface area contributed by atoms with Gasteiger partial charge < -0.3 is 4.74 Å². The molecule has 4 nitrogen and oxygen atoms in total. The number of benzene rings is 4. The Bertz CT molecular complexity index is 1630. The van der Waals surface area contributed by atoms with Crippen LogP contribution < -0.4 is 9.64 Å². The van der Waals surface area contributed by atoms with Gasteiger partial charge in [-0.15, -0.1) is 6.58 Å². The summed E-state index contributed by atoms with van der Waals surface area (Å²) in [7, 11) is 0. The van der Waals surface area contributed by atoms with Crippen LogP contribution in [0.4, 0.5) is 11.4 Å². The van der Waals surface area contributed by atoms with Crippen molar-refractivity contribution >= 4 is 51.9 Å². The number of carbonyl (C=O) groups excluding carboxylic acids is 1. The number of aliphatic imine (C=N–C) groups is 1. The van der Waals surface area contributed by atoms with Crippen molar-refractivity contribution in [3.8, 4) is 5.75 Å². The second-order valence-electron chi connectivity index (χ2n) is 9.96. The Kier molecular flexibility index (Phi) is 9.63. The molecular formula is C36H33ClN2O2S. The number of hydrogen-bond donors (Lipinski definition) is 0. The molecule has 6 heteroatoms. The Labute approximate surface area is 257 Å². The first-order valence-corrected chi connectivity index (χ1v) is 15.3. The second kappa shape index (κ2) is 13.7. The molecule has 1 amide bonds. The highest BCUT2D eigenvalue weighted by Crippen LogP contribution is 2.38. The van der Waals surface area contributed by atoms with Gasteiger partial charge in [0.05, 0.1) is 16.3 Å². The zero-order valence-electron chi connectivity index (χ0n) is 23.8. The van der Waals surface area contributed by atoms with E-state index in [1.165, 1.54) is 22.9 Å². The maximum absolute atomic E-state index is 13.8. The summed E-state index contributed by atoms with van der Waals surface area (Å²) in [5, 5.41) is 1.33. The molecule has 0 aromatic heterocycles. The van der Waals surface area contributed by atoms with E-state index in [1.54, 1.807) is 4.90 Å². The number of amides is 1. The van der Waals surface area contributed by atoms with Crippen molar-refractivity contribution < 1.29 is 9.53 Å². The van der Waals surface area contributed by atoms with E-state index in [0.717, 1.165) is 46.7 Å². The number of thioether (sulfide) groups is 1. The van der Waals surface area contributed by atoms with E-state index in [-0.39, 0.29) is 5.91 Å². The van der Waals surface area contributed by atoms with Crippen LogP contribution in [-0.2, 0) is 30.7 Å². The number of allylic oxidation sites excluding steroid dienone is 1. The maximum atomic E-state index is 13.8. The summed E-state index contributed by atoms with van der Waals surface area (Å²) in [4.78, 5) is 21.0. The number of anilines is 1. The van der Waals surface area contributed by atoms with Gasteiger partial charge in [0.15, 0.2) is 5.17 Å². The molecule has 0 N–H and O–H groups in total. The van der Waals surface area contributed by atoms with Crippen LogP contribution in [0.2, 0.25) is 5.02 Å². The topological polar surface area (TPSA) is 41.9 Å². The first kappa shape index (κ1) is 29.4. The molecule has 4 aromatic rings. The number of amidine groups is 1. The lowest BCUT2D eigenvalue weighted by atomic mass is 10.1. The average molecular weight is 593 g/mol. The van der Waals surface area contributed by atoms with Crippen molar-refractivity contribution in [2.75, 3.05) is 4.90 Å². The van der Waals surface area contributed by atoms with Crippen LogP contribution in [0.25, 0.3) is 6.08 Å². The highest BCUT2D eigenvalue weighted by molar-refractivity contribution is 8.19. The lowest BCUT2D eigenvalue weighted by Crippen LogP contribution is -2.28. The molecule has 0 bridgehead atoms. The summed E-state index contributed by atoms with van der Waals surface area (Å²) in [5.41, 5.74) is 7.03. The monoisotopic (exact) mass is 592 g/mol. The first-order valence-electron chi connectivity index (χ1n) is 14.1. The van der Waals surface area contributed by atoms with Gasteiger partial charge in [-0.05, 0) is 113 Å². The normalized spacial score (nSPS) is 15.0. The largest absolute Gasteiger partial charge is 0.489 e. The SMILES string of the molecule is C=CCc1cc(/C=C2\SC(=Nc3ccc(CC)cc3)N(c3ccc(CC)cc3)C2=O)ccc1OCc1ccc(Cl)cc1. The zero-order valence-corrected chi connectivity index (χ0v) is 25.4. The average Bonchev–Trinajstić information content (AvgIpc) is 3.31. The molecule has 1 saturated heterocycles. The molecule has 1 aliphatic heterocycles. The van der Waals surface area contributed by atoms with Crippen molar-refractivity contribution in [2.45, 2.75) is 39.7 Å². The van der Waals surface area contributed by atoms with Gasteiger partial charge in [-0.2, -0.15) is 0 Å². The molecule has 1 fully saturated rings. The predicted molar refractivity (Wildman–Crippen MR) is 178 cm³/mol. The molecule has 0 saturated carbocycles. The van der Waals surface area contributed by atoms with E-state index in [9.17, 15) is 4.79 Å². The molecule has 212 valence electrons. The lowest BCUT2D eigenvalue weighted by Gasteiger charge is -2.16. The number of carbonyl (C=O) groups is 1. The fourth-order valence-corrected chi connectivity index (χ4v) is 5.74. The quantitative estimate of drug-likeness (QED) is 0.136. The van der Waals surface area contributed by atoms with Crippen LogP contribution in [0.15, 0.2) is 114 Å². The Morgan fingerprint density at radius 3 is 2.17 bits per heavy atom. The smallest absolute Gasteiger partial charge is 0.271 e. The van der Waals surface area contributed by atoms with Crippen LogP contribution in [0, 0.1) is 0 Å². The highest BCUT2D eigenvalue weighted by atomic mass is 35.5. The lowest BCUT2D eigenvalue weighted by molar-refractivity contribution is -0.113. The van der Waals surface area contributed by atoms with Gasteiger partial charge in [0, 0.05) is 5.02 Å². The molecule has 1 heterocycles. The van der Waals surface area contributed by atoms with Gasteiger partial charge in [-0.25, -0.2) is 4.99 Å². The zero-order chi connectivity index (χ0) is 29.5. The molecule has 0 unspecified atom stereocenters. The molecule has 0 atom stereocenters. The van der Waals surface area contributed by atoms with Gasteiger partial charge in [-0.3, -0.25) is 9.69 Å².